The number of aromatic nitrogens is 1. The summed E-state index contributed by atoms with van der Waals surface area (Å²) in [7, 11) is 0. The van der Waals surface area contributed by atoms with Gasteiger partial charge in [0.2, 0.25) is 5.78 Å². The fourth-order valence-electron chi connectivity index (χ4n) is 3.83. The van der Waals surface area contributed by atoms with Crippen molar-refractivity contribution in [2.45, 2.75) is 46.5 Å². The van der Waals surface area contributed by atoms with Gasteiger partial charge in [-0.2, -0.15) is 0 Å². The monoisotopic (exact) mass is 341 g/mol. The molecule has 0 atom stereocenters. The molecule has 134 valence electrons. The van der Waals surface area contributed by atoms with Crippen molar-refractivity contribution in [3.63, 3.8) is 0 Å². The number of hydrogen-bond acceptors (Lipinski definition) is 3. The highest BCUT2D eigenvalue weighted by molar-refractivity contribution is 6.08. The van der Waals surface area contributed by atoms with Crippen molar-refractivity contribution >= 4 is 22.7 Å². The first-order valence-electron chi connectivity index (χ1n) is 9.12. The third-order valence-corrected chi connectivity index (χ3v) is 5.52. The van der Waals surface area contributed by atoms with E-state index < -0.39 is 0 Å². The number of rotatable bonds is 4. The third kappa shape index (κ3) is 3.94. The molecule has 2 aromatic rings. The highest BCUT2D eigenvalue weighted by Gasteiger charge is 2.33. The molecule has 1 fully saturated rings. The number of ketones is 1. The van der Waals surface area contributed by atoms with Crippen molar-refractivity contribution in [2.24, 2.45) is 17.3 Å². The molecule has 0 unspecified atom stereocenters. The summed E-state index contributed by atoms with van der Waals surface area (Å²) >= 11 is 0. The number of fused-ring (bicyclic) bond motifs is 1. The maximum absolute atomic E-state index is 12.4. The van der Waals surface area contributed by atoms with Crippen LogP contribution in [-0.4, -0.2) is 23.3 Å². The fourth-order valence-corrected chi connectivity index (χ4v) is 3.83. The van der Waals surface area contributed by atoms with E-state index in [-0.39, 0.29) is 24.3 Å². The number of H-pyrrole nitrogens is 1. The van der Waals surface area contributed by atoms with E-state index >= 15 is 0 Å². The quantitative estimate of drug-likeness (QED) is 0.645. The molecule has 3 rings (SSSR count). The first-order valence-corrected chi connectivity index (χ1v) is 9.12. The van der Waals surface area contributed by atoms with Crippen LogP contribution in [0.1, 0.15) is 56.8 Å². The molecule has 4 nitrogen and oxygen atoms in total. The zero-order valence-electron chi connectivity index (χ0n) is 15.3. The molecule has 1 aromatic heterocycles. The van der Waals surface area contributed by atoms with Gasteiger partial charge in [0.25, 0.3) is 0 Å². The fraction of sp³-hybridized carbons (Fsp3) is 0.524. The third-order valence-electron chi connectivity index (χ3n) is 5.52. The van der Waals surface area contributed by atoms with Crippen LogP contribution in [0.25, 0.3) is 10.9 Å². The number of aromatic amines is 1. The molecule has 0 saturated heterocycles. The number of carbonyl (C=O) groups excluding carboxylic acids is 2. The van der Waals surface area contributed by atoms with E-state index in [9.17, 15) is 9.59 Å². The normalized spacial score (nSPS) is 21.2. The second-order valence-corrected chi connectivity index (χ2v) is 8.19. The molecular formula is C21H27NO3. The predicted octanol–water partition coefficient (Wildman–Crippen LogP) is 4.75. The molecule has 25 heavy (non-hydrogen) atoms. The van der Waals surface area contributed by atoms with Crippen molar-refractivity contribution in [3.8, 4) is 0 Å². The molecular weight excluding hydrogens is 314 g/mol. The van der Waals surface area contributed by atoms with Gasteiger partial charge in [0, 0.05) is 22.7 Å². The van der Waals surface area contributed by atoms with Gasteiger partial charge < -0.3 is 9.72 Å². The van der Waals surface area contributed by atoms with Gasteiger partial charge in [-0.05, 0) is 43.1 Å². The van der Waals surface area contributed by atoms with Crippen LogP contribution in [0.4, 0.5) is 0 Å². The Morgan fingerprint density at radius 3 is 2.48 bits per heavy atom. The van der Waals surface area contributed by atoms with Gasteiger partial charge in [-0.3, -0.25) is 9.59 Å². The van der Waals surface area contributed by atoms with Crippen molar-refractivity contribution in [1.82, 2.24) is 4.98 Å². The molecule has 1 aromatic carbocycles. The first kappa shape index (κ1) is 17.7. The molecule has 0 aliphatic heterocycles. The number of Topliss-reactive ketones (excluding diaryl/α,β-unsaturated/α-hetero) is 1. The van der Waals surface area contributed by atoms with Crippen molar-refractivity contribution in [2.75, 3.05) is 6.61 Å². The van der Waals surface area contributed by atoms with E-state index in [2.05, 4.69) is 25.8 Å². The molecule has 1 aliphatic carbocycles. The molecule has 1 heterocycles. The largest absolute Gasteiger partial charge is 0.457 e. The Morgan fingerprint density at radius 1 is 1.12 bits per heavy atom. The summed E-state index contributed by atoms with van der Waals surface area (Å²) in [6.07, 6.45) is 5.53. The molecule has 1 N–H and O–H groups in total. The lowest BCUT2D eigenvalue weighted by atomic mass is 9.70. The van der Waals surface area contributed by atoms with Gasteiger partial charge >= 0.3 is 5.97 Å². The standard InChI is InChI=1S/C21H27NO3/c1-21(2,3)15-10-8-14(9-11-15)20(24)25-13-19(23)17-12-22-18-7-5-4-6-16(17)18/h4-7,12,14-15,22H,8-11,13H2,1-3H3. The molecule has 1 saturated carbocycles. The number of ether oxygens (including phenoxy) is 1. The zero-order valence-corrected chi connectivity index (χ0v) is 15.3. The van der Waals surface area contributed by atoms with E-state index in [0.29, 0.717) is 16.9 Å². The van der Waals surface area contributed by atoms with Crippen LogP contribution < -0.4 is 0 Å². The maximum atomic E-state index is 12.4. The highest BCUT2D eigenvalue weighted by Crippen LogP contribution is 2.40. The number of para-hydroxylation sites is 1. The van der Waals surface area contributed by atoms with Crippen LogP contribution in [0.2, 0.25) is 0 Å². The topological polar surface area (TPSA) is 59.2 Å². The minimum atomic E-state index is -0.222. The lowest BCUT2D eigenvalue weighted by molar-refractivity contribution is -0.149. The summed E-state index contributed by atoms with van der Waals surface area (Å²) in [5.74, 6) is 0.216. The van der Waals surface area contributed by atoms with E-state index in [0.717, 1.165) is 36.6 Å². The van der Waals surface area contributed by atoms with Gasteiger partial charge in [-0.15, -0.1) is 0 Å². The molecule has 0 amide bonds. The Labute approximate surface area is 148 Å². The highest BCUT2D eigenvalue weighted by atomic mass is 16.5. The SMILES string of the molecule is CC(C)(C)C1CCC(C(=O)OCC(=O)c2c[nH]c3ccccc23)CC1. The van der Waals surface area contributed by atoms with Gasteiger partial charge in [-0.25, -0.2) is 0 Å². The molecule has 1 aliphatic rings. The van der Waals surface area contributed by atoms with Crippen LogP contribution in [0.5, 0.6) is 0 Å². The van der Waals surface area contributed by atoms with Crippen molar-refractivity contribution < 1.29 is 14.3 Å². The van der Waals surface area contributed by atoms with Crippen molar-refractivity contribution in [3.05, 3.63) is 36.0 Å². The molecule has 0 spiro atoms. The number of benzene rings is 1. The maximum Gasteiger partial charge on any atom is 0.309 e. The average molecular weight is 341 g/mol. The summed E-state index contributed by atoms with van der Waals surface area (Å²) in [5.41, 5.74) is 1.79. The molecule has 4 heteroatoms. The van der Waals surface area contributed by atoms with Crippen LogP contribution in [0.15, 0.2) is 30.5 Å². The minimum absolute atomic E-state index is 0.0608. The Morgan fingerprint density at radius 2 is 1.80 bits per heavy atom. The van der Waals surface area contributed by atoms with Gasteiger partial charge in [-0.1, -0.05) is 39.0 Å². The number of hydrogen-bond donors (Lipinski definition) is 1. The second-order valence-electron chi connectivity index (χ2n) is 8.19. The lowest BCUT2D eigenvalue weighted by Crippen LogP contribution is -2.30. The van der Waals surface area contributed by atoms with Crippen LogP contribution in [0, 0.1) is 17.3 Å². The average Bonchev–Trinajstić information content (AvgIpc) is 3.03. The number of carbonyl (C=O) groups is 2. The second kappa shape index (κ2) is 7.03. The van der Waals surface area contributed by atoms with Gasteiger partial charge in [0.15, 0.2) is 6.61 Å². The van der Waals surface area contributed by atoms with Crippen molar-refractivity contribution in [1.29, 1.82) is 0 Å². The molecule has 0 bridgehead atoms. The number of esters is 1. The zero-order chi connectivity index (χ0) is 18.0. The Bertz CT molecular complexity index is 761. The van der Waals surface area contributed by atoms with Crippen LogP contribution in [0.3, 0.4) is 0 Å². The smallest absolute Gasteiger partial charge is 0.309 e. The summed E-state index contributed by atoms with van der Waals surface area (Å²) < 4.78 is 5.33. The predicted molar refractivity (Wildman–Crippen MR) is 98.5 cm³/mol. The first-order chi connectivity index (χ1) is 11.9. The summed E-state index contributed by atoms with van der Waals surface area (Å²) in [6.45, 7) is 6.60. The van der Waals surface area contributed by atoms with Gasteiger partial charge in [0.1, 0.15) is 0 Å². The Kier molecular flexibility index (Phi) is 4.98. The Balaban J connectivity index is 1.53. The van der Waals surface area contributed by atoms with E-state index in [1.807, 2.05) is 24.3 Å². The molecule has 0 radical (unpaired) electrons. The van der Waals surface area contributed by atoms with Gasteiger partial charge in [0.05, 0.1) is 5.92 Å². The lowest BCUT2D eigenvalue weighted by Gasteiger charge is -2.36. The summed E-state index contributed by atoms with van der Waals surface area (Å²) in [5, 5.41) is 0.870. The summed E-state index contributed by atoms with van der Waals surface area (Å²) in [4.78, 5) is 27.8. The summed E-state index contributed by atoms with van der Waals surface area (Å²) in [6, 6.07) is 7.63. The minimum Gasteiger partial charge on any atom is -0.457 e. The van der Waals surface area contributed by atoms with Crippen LogP contribution >= 0.6 is 0 Å². The van der Waals surface area contributed by atoms with E-state index in [4.69, 9.17) is 4.74 Å². The van der Waals surface area contributed by atoms with E-state index in [1.165, 1.54) is 0 Å². The van der Waals surface area contributed by atoms with E-state index in [1.54, 1.807) is 6.20 Å². The Hall–Kier alpha value is -2.10. The number of nitrogens with one attached hydrogen (secondary N) is 1. The van der Waals surface area contributed by atoms with Crippen LogP contribution in [-0.2, 0) is 9.53 Å².